The second-order valence-corrected chi connectivity index (χ2v) is 8.03. The molecule has 1 N–H and O–H groups in total. The molecule has 1 saturated heterocycles. The fourth-order valence-electron chi connectivity index (χ4n) is 2.58. The number of thiocarbonyl (C=S) groups is 1. The molecule has 0 aromatic carbocycles. The number of carbonyl (C=O) groups excluding carboxylic acids is 1. The van der Waals surface area contributed by atoms with Gasteiger partial charge in [0.25, 0.3) is 0 Å². The first-order chi connectivity index (χ1) is 9.70. The molecule has 1 heterocycles. The highest BCUT2D eigenvalue weighted by Crippen LogP contribution is 2.43. The predicted octanol–water partition coefficient (Wildman–Crippen LogP) is 3.48. The highest BCUT2D eigenvalue weighted by atomic mass is 32.1. The van der Waals surface area contributed by atoms with Crippen molar-refractivity contribution in [2.45, 2.75) is 63.9 Å². The number of carbonyl (C=O) groups is 1. The summed E-state index contributed by atoms with van der Waals surface area (Å²) in [4.78, 5) is 12.6. The van der Waals surface area contributed by atoms with E-state index < -0.39 is 0 Å². The molecule has 0 spiro atoms. The van der Waals surface area contributed by atoms with Gasteiger partial charge in [0.15, 0.2) is 0 Å². The number of unbranched alkanes of at least 4 members (excludes halogenated alkanes) is 3. The Morgan fingerprint density at radius 1 is 1.35 bits per heavy atom. The van der Waals surface area contributed by atoms with Gasteiger partial charge in [-0.2, -0.15) is 0 Å². The molecule has 5 heteroatoms. The van der Waals surface area contributed by atoms with Crippen molar-refractivity contribution in [1.82, 2.24) is 9.99 Å². The number of hydrogen-bond donors (Lipinski definition) is 1. The molecule has 2 unspecified atom stereocenters. The van der Waals surface area contributed by atoms with Gasteiger partial charge in [-0.15, -0.1) is 0 Å². The van der Waals surface area contributed by atoms with Gasteiger partial charge in [-0.1, -0.05) is 38.4 Å². The second kappa shape index (κ2) is 8.29. The van der Waals surface area contributed by atoms with Gasteiger partial charge in [0.05, 0.1) is 4.99 Å². The van der Waals surface area contributed by atoms with Gasteiger partial charge in [0.1, 0.15) is 0 Å². The van der Waals surface area contributed by atoms with Crippen LogP contribution in [0.1, 0.15) is 58.3 Å². The Kier molecular flexibility index (Phi) is 6.70. The molecule has 114 valence electrons. The number of amides is 1. The Balaban J connectivity index is 1.83. The van der Waals surface area contributed by atoms with E-state index in [0.717, 1.165) is 38.9 Å². The van der Waals surface area contributed by atoms with Gasteiger partial charge in [-0.25, -0.2) is 0 Å². The van der Waals surface area contributed by atoms with Gasteiger partial charge in [-0.05, 0) is 40.1 Å². The van der Waals surface area contributed by atoms with Crippen LogP contribution in [0.15, 0.2) is 0 Å². The standard InChI is InChI=1S/C15H27N2OPS/c1-2-3-4-5-10-17(19-13-6-7-13)15(20)12-8-9-16-14(18)11-12/h12-13,19H,2-11H2,1H3,(H,16,18). The van der Waals surface area contributed by atoms with Crippen LogP contribution in [0.25, 0.3) is 0 Å². The predicted molar refractivity (Wildman–Crippen MR) is 90.5 cm³/mol. The van der Waals surface area contributed by atoms with Crippen molar-refractivity contribution < 1.29 is 4.79 Å². The molecule has 1 saturated carbocycles. The summed E-state index contributed by atoms with van der Waals surface area (Å²) in [5, 5.41) is 2.90. The lowest BCUT2D eigenvalue weighted by Gasteiger charge is -2.32. The van der Waals surface area contributed by atoms with Crippen LogP contribution >= 0.6 is 20.9 Å². The van der Waals surface area contributed by atoms with Crippen molar-refractivity contribution in [3.63, 3.8) is 0 Å². The van der Waals surface area contributed by atoms with Crippen LogP contribution in [0.5, 0.6) is 0 Å². The molecule has 0 aromatic heterocycles. The van der Waals surface area contributed by atoms with Crippen LogP contribution in [-0.2, 0) is 4.79 Å². The zero-order chi connectivity index (χ0) is 14.4. The number of rotatable bonds is 8. The van der Waals surface area contributed by atoms with E-state index in [1.165, 1.54) is 38.5 Å². The molecule has 2 fully saturated rings. The Labute approximate surface area is 130 Å². The minimum absolute atomic E-state index is 0.171. The van der Waals surface area contributed by atoms with Crippen LogP contribution < -0.4 is 5.32 Å². The summed E-state index contributed by atoms with van der Waals surface area (Å²) in [6, 6.07) is 0. The molecule has 20 heavy (non-hydrogen) atoms. The molecule has 1 aliphatic carbocycles. The molecule has 0 bridgehead atoms. The summed E-state index contributed by atoms with van der Waals surface area (Å²) < 4.78 is 2.45. The number of nitrogens with one attached hydrogen (secondary N) is 1. The zero-order valence-electron chi connectivity index (χ0n) is 12.5. The molecule has 1 aliphatic heterocycles. The lowest BCUT2D eigenvalue weighted by molar-refractivity contribution is -0.122. The highest BCUT2D eigenvalue weighted by molar-refractivity contribution is 7.80. The average Bonchev–Trinajstić information content (AvgIpc) is 3.25. The maximum absolute atomic E-state index is 11.5. The first-order valence-corrected chi connectivity index (χ1v) is 9.48. The summed E-state index contributed by atoms with van der Waals surface area (Å²) in [5.74, 6) is 0.473. The van der Waals surface area contributed by atoms with Gasteiger partial charge in [0, 0.05) is 25.4 Å². The molecule has 2 atom stereocenters. The molecule has 0 aromatic rings. The summed E-state index contributed by atoms with van der Waals surface area (Å²) >= 11 is 5.73. The van der Waals surface area contributed by atoms with E-state index >= 15 is 0 Å². The Hall–Kier alpha value is -0.210. The molecule has 2 aliphatic rings. The number of nitrogens with zero attached hydrogens (tertiary/aromatic N) is 1. The van der Waals surface area contributed by atoms with Crippen LogP contribution in [0, 0.1) is 5.92 Å². The van der Waals surface area contributed by atoms with Gasteiger partial charge in [-0.3, -0.25) is 4.79 Å². The summed E-state index contributed by atoms with van der Waals surface area (Å²) in [6.07, 6.45) is 9.50. The zero-order valence-corrected chi connectivity index (χ0v) is 14.3. The molecular weight excluding hydrogens is 287 g/mol. The third-order valence-electron chi connectivity index (χ3n) is 4.01. The van der Waals surface area contributed by atoms with E-state index in [2.05, 4.69) is 16.9 Å². The number of hydrogen-bond acceptors (Lipinski definition) is 2. The smallest absolute Gasteiger partial charge is 0.220 e. The first kappa shape index (κ1) is 16.2. The topological polar surface area (TPSA) is 32.3 Å². The lowest BCUT2D eigenvalue weighted by Crippen LogP contribution is -2.40. The number of piperidine rings is 1. The Morgan fingerprint density at radius 3 is 2.80 bits per heavy atom. The monoisotopic (exact) mass is 314 g/mol. The third kappa shape index (κ3) is 5.29. The molecule has 2 rings (SSSR count). The van der Waals surface area contributed by atoms with Gasteiger partial charge in [0.2, 0.25) is 5.91 Å². The fourth-order valence-corrected chi connectivity index (χ4v) is 4.50. The molecule has 0 radical (unpaired) electrons. The van der Waals surface area contributed by atoms with Gasteiger partial charge < -0.3 is 9.99 Å². The minimum Gasteiger partial charge on any atom is -0.356 e. The van der Waals surface area contributed by atoms with Crippen LogP contribution in [-0.4, -0.2) is 34.3 Å². The van der Waals surface area contributed by atoms with Crippen LogP contribution in [0.4, 0.5) is 0 Å². The van der Waals surface area contributed by atoms with Crippen molar-refractivity contribution in [3.8, 4) is 0 Å². The van der Waals surface area contributed by atoms with Crippen molar-refractivity contribution in [2.24, 2.45) is 5.92 Å². The van der Waals surface area contributed by atoms with Gasteiger partial charge >= 0.3 is 0 Å². The fraction of sp³-hybridized carbons (Fsp3) is 0.867. The van der Waals surface area contributed by atoms with Crippen LogP contribution in [0.3, 0.4) is 0 Å². The Bertz CT molecular complexity index is 347. The van der Waals surface area contributed by atoms with Crippen molar-refractivity contribution in [3.05, 3.63) is 0 Å². The normalized spacial score (nSPS) is 23.1. The lowest BCUT2D eigenvalue weighted by atomic mass is 9.97. The van der Waals surface area contributed by atoms with E-state index in [9.17, 15) is 4.79 Å². The van der Waals surface area contributed by atoms with E-state index in [-0.39, 0.29) is 5.91 Å². The summed E-state index contributed by atoms with van der Waals surface area (Å²) in [5.41, 5.74) is 0.886. The van der Waals surface area contributed by atoms with Crippen LogP contribution in [0.2, 0.25) is 0 Å². The van der Waals surface area contributed by atoms with E-state index in [1.807, 2.05) is 0 Å². The highest BCUT2D eigenvalue weighted by Gasteiger charge is 2.30. The summed E-state index contributed by atoms with van der Waals surface area (Å²) in [6.45, 7) is 4.14. The van der Waals surface area contributed by atoms with E-state index in [4.69, 9.17) is 12.2 Å². The quantitative estimate of drug-likeness (QED) is 0.423. The van der Waals surface area contributed by atoms with Crippen molar-refractivity contribution in [2.75, 3.05) is 13.1 Å². The maximum Gasteiger partial charge on any atom is 0.220 e. The first-order valence-electron chi connectivity index (χ1n) is 8.05. The largest absolute Gasteiger partial charge is 0.356 e. The molecular formula is C15H27N2OPS. The van der Waals surface area contributed by atoms with Crippen molar-refractivity contribution in [1.29, 1.82) is 0 Å². The van der Waals surface area contributed by atoms with E-state index in [1.54, 1.807) is 0 Å². The van der Waals surface area contributed by atoms with E-state index in [0.29, 0.717) is 12.3 Å². The average molecular weight is 314 g/mol. The minimum atomic E-state index is 0.171. The third-order valence-corrected chi connectivity index (χ3v) is 6.45. The summed E-state index contributed by atoms with van der Waals surface area (Å²) in [7, 11) is 0.860. The molecule has 1 amide bonds. The molecule has 3 nitrogen and oxygen atoms in total. The maximum atomic E-state index is 11.5. The second-order valence-electron chi connectivity index (χ2n) is 5.99. The van der Waals surface area contributed by atoms with Crippen molar-refractivity contribution >= 4 is 31.8 Å². The Morgan fingerprint density at radius 2 is 2.15 bits per heavy atom. The SMILES string of the molecule is CCCCCCN(PC1CC1)C(=S)C1CCNC(=O)C1.